The number of nitrogen functional groups attached to an aromatic ring is 1. The van der Waals surface area contributed by atoms with Crippen LogP contribution >= 0.6 is 0 Å². The second-order valence-electron chi connectivity index (χ2n) is 5.36. The van der Waals surface area contributed by atoms with Gasteiger partial charge in [-0.1, -0.05) is 26.2 Å². The van der Waals surface area contributed by atoms with Crippen LogP contribution in [-0.4, -0.2) is 28.6 Å². The zero-order valence-electron chi connectivity index (χ0n) is 11.7. The second kappa shape index (κ2) is 6.54. The van der Waals surface area contributed by atoms with Crippen LogP contribution in [0.5, 0.6) is 6.01 Å². The second-order valence-corrected chi connectivity index (χ2v) is 5.36. The molecule has 2 unspecified atom stereocenters. The van der Waals surface area contributed by atoms with Gasteiger partial charge in [-0.25, -0.2) is 0 Å². The van der Waals surface area contributed by atoms with Crippen LogP contribution in [-0.2, 0) is 0 Å². The molecule has 19 heavy (non-hydrogen) atoms. The van der Waals surface area contributed by atoms with Gasteiger partial charge in [0, 0.05) is 6.54 Å². The predicted octanol–water partition coefficient (Wildman–Crippen LogP) is 2.09. The third-order valence-electron chi connectivity index (χ3n) is 3.70. The van der Waals surface area contributed by atoms with Crippen molar-refractivity contribution in [2.75, 3.05) is 24.7 Å². The SMILES string of the molecule is COc1nc(N)nc(NCCC2CCCC(C)C2)n1. The minimum Gasteiger partial charge on any atom is -0.467 e. The first-order valence-corrected chi connectivity index (χ1v) is 6.96. The maximum atomic E-state index is 5.59. The Labute approximate surface area is 114 Å². The fourth-order valence-corrected chi connectivity index (χ4v) is 2.75. The molecule has 0 amide bonds. The molecule has 1 fully saturated rings. The van der Waals surface area contributed by atoms with Gasteiger partial charge in [0.05, 0.1) is 7.11 Å². The van der Waals surface area contributed by atoms with Gasteiger partial charge in [0.2, 0.25) is 11.9 Å². The summed E-state index contributed by atoms with van der Waals surface area (Å²) in [6.45, 7) is 3.21. The van der Waals surface area contributed by atoms with E-state index in [2.05, 4.69) is 27.2 Å². The average molecular weight is 265 g/mol. The standard InChI is InChI=1S/C13H23N5O/c1-9-4-3-5-10(8-9)6-7-15-12-16-11(14)17-13(18-12)19-2/h9-10H,3-8H2,1-2H3,(H3,14,15,16,17,18). The predicted molar refractivity (Wildman–Crippen MR) is 75.0 cm³/mol. The molecule has 0 aliphatic heterocycles. The molecular formula is C13H23N5O. The van der Waals surface area contributed by atoms with Gasteiger partial charge in [0.15, 0.2) is 0 Å². The Morgan fingerprint density at radius 2 is 2.16 bits per heavy atom. The first-order valence-electron chi connectivity index (χ1n) is 6.96. The summed E-state index contributed by atoms with van der Waals surface area (Å²) in [5.41, 5.74) is 5.59. The summed E-state index contributed by atoms with van der Waals surface area (Å²) in [5, 5.41) is 3.20. The minimum atomic E-state index is 0.181. The first-order chi connectivity index (χ1) is 9.17. The highest BCUT2D eigenvalue weighted by Gasteiger charge is 2.18. The number of hydrogen-bond donors (Lipinski definition) is 2. The molecule has 0 radical (unpaired) electrons. The maximum absolute atomic E-state index is 5.59. The van der Waals surface area contributed by atoms with Crippen molar-refractivity contribution in [3.8, 4) is 6.01 Å². The summed E-state index contributed by atoms with van der Waals surface area (Å²) in [6, 6.07) is 0.251. The van der Waals surface area contributed by atoms with Gasteiger partial charge in [-0.05, 0) is 24.7 Å². The van der Waals surface area contributed by atoms with E-state index in [1.54, 1.807) is 0 Å². The van der Waals surface area contributed by atoms with Crippen LogP contribution in [0.25, 0.3) is 0 Å². The van der Waals surface area contributed by atoms with E-state index >= 15 is 0 Å². The molecule has 6 heteroatoms. The third kappa shape index (κ3) is 4.22. The number of methoxy groups -OCH3 is 1. The number of nitrogens with one attached hydrogen (secondary N) is 1. The molecular weight excluding hydrogens is 242 g/mol. The zero-order valence-corrected chi connectivity index (χ0v) is 11.7. The van der Waals surface area contributed by atoms with Gasteiger partial charge in [0.25, 0.3) is 0 Å². The van der Waals surface area contributed by atoms with Crippen LogP contribution in [0.1, 0.15) is 39.0 Å². The fourth-order valence-electron chi connectivity index (χ4n) is 2.75. The topological polar surface area (TPSA) is 86.0 Å². The molecule has 3 N–H and O–H groups in total. The molecule has 0 bridgehead atoms. The van der Waals surface area contributed by atoms with Crippen LogP contribution < -0.4 is 15.8 Å². The summed E-state index contributed by atoms with van der Waals surface area (Å²) in [4.78, 5) is 12.0. The van der Waals surface area contributed by atoms with Crippen molar-refractivity contribution in [2.45, 2.75) is 39.0 Å². The summed E-state index contributed by atoms with van der Waals surface area (Å²) >= 11 is 0. The largest absolute Gasteiger partial charge is 0.467 e. The first kappa shape index (κ1) is 13.8. The minimum absolute atomic E-state index is 0.181. The monoisotopic (exact) mass is 265 g/mol. The fraction of sp³-hybridized carbons (Fsp3) is 0.769. The number of nitrogens with zero attached hydrogens (tertiary/aromatic N) is 3. The van der Waals surface area contributed by atoms with E-state index in [4.69, 9.17) is 10.5 Å². The van der Waals surface area contributed by atoms with E-state index in [0.717, 1.165) is 24.8 Å². The highest BCUT2D eigenvalue weighted by molar-refractivity contribution is 5.32. The number of anilines is 2. The Morgan fingerprint density at radius 3 is 2.89 bits per heavy atom. The van der Waals surface area contributed by atoms with Gasteiger partial charge in [-0.15, -0.1) is 0 Å². The molecule has 0 saturated heterocycles. The van der Waals surface area contributed by atoms with Crippen LogP contribution in [0.4, 0.5) is 11.9 Å². The molecule has 1 heterocycles. The highest BCUT2D eigenvalue weighted by atomic mass is 16.5. The van der Waals surface area contributed by atoms with Crippen LogP contribution in [0, 0.1) is 11.8 Å². The average Bonchev–Trinajstić information content (AvgIpc) is 2.38. The molecule has 2 atom stereocenters. The number of rotatable bonds is 5. The lowest BCUT2D eigenvalue weighted by Gasteiger charge is -2.26. The Hall–Kier alpha value is -1.59. The van der Waals surface area contributed by atoms with Crippen molar-refractivity contribution < 1.29 is 4.74 Å². The number of hydrogen-bond acceptors (Lipinski definition) is 6. The molecule has 0 aromatic carbocycles. The van der Waals surface area contributed by atoms with Gasteiger partial charge in [-0.2, -0.15) is 15.0 Å². The molecule has 1 saturated carbocycles. The lowest BCUT2D eigenvalue weighted by atomic mass is 9.81. The molecule has 1 aliphatic carbocycles. The molecule has 1 aromatic heterocycles. The van der Waals surface area contributed by atoms with Crippen molar-refractivity contribution >= 4 is 11.9 Å². The summed E-state index contributed by atoms with van der Waals surface area (Å²) in [6.07, 6.45) is 6.57. The van der Waals surface area contributed by atoms with Crippen molar-refractivity contribution in [1.29, 1.82) is 0 Å². The summed E-state index contributed by atoms with van der Waals surface area (Å²) < 4.78 is 4.96. The normalized spacial score (nSPS) is 23.1. The van der Waals surface area contributed by atoms with Gasteiger partial charge < -0.3 is 15.8 Å². The van der Waals surface area contributed by atoms with Crippen LogP contribution in [0.2, 0.25) is 0 Å². The van der Waals surface area contributed by atoms with Crippen molar-refractivity contribution in [1.82, 2.24) is 15.0 Å². The highest BCUT2D eigenvalue weighted by Crippen LogP contribution is 2.30. The van der Waals surface area contributed by atoms with Gasteiger partial charge in [0.1, 0.15) is 0 Å². The van der Waals surface area contributed by atoms with E-state index in [9.17, 15) is 0 Å². The maximum Gasteiger partial charge on any atom is 0.322 e. The lowest BCUT2D eigenvalue weighted by molar-refractivity contribution is 0.274. The van der Waals surface area contributed by atoms with Crippen LogP contribution in [0.3, 0.4) is 0 Å². The number of nitrogens with two attached hydrogens (primary N) is 1. The third-order valence-corrected chi connectivity index (χ3v) is 3.70. The summed E-state index contributed by atoms with van der Waals surface area (Å²) in [7, 11) is 1.52. The van der Waals surface area contributed by atoms with Crippen molar-refractivity contribution in [3.63, 3.8) is 0 Å². The lowest BCUT2D eigenvalue weighted by Crippen LogP contribution is -2.17. The number of ether oxygens (including phenoxy) is 1. The zero-order chi connectivity index (χ0) is 13.7. The molecule has 0 spiro atoms. The molecule has 106 valence electrons. The van der Waals surface area contributed by atoms with Gasteiger partial charge >= 0.3 is 6.01 Å². The van der Waals surface area contributed by atoms with Gasteiger partial charge in [-0.3, -0.25) is 0 Å². The van der Waals surface area contributed by atoms with E-state index in [0.29, 0.717) is 5.95 Å². The van der Waals surface area contributed by atoms with E-state index in [1.165, 1.54) is 32.8 Å². The number of aromatic nitrogens is 3. The smallest absolute Gasteiger partial charge is 0.322 e. The Balaban J connectivity index is 1.80. The van der Waals surface area contributed by atoms with Crippen LogP contribution in [0.15, 0.2) is 0 Å². The Morgan fingerprint density at radius 1 is 1.32 bits per heavy atom. The van der Waals surface area contributed by atoms with E-state index in [1.807, 2.05) is 0 Å². The molecule has 1 aromatic rings. The van der Waals surface area contributed by atoms with E-state index < -0.39 is 0 Å². The van der Waals surface area contributed by atoms with Crippen molar-refractivity contribution in [2.24, 2.45) is 11.8 Å². The molecule has 1 aliphatic rings. The quantitative estimate of drug-likeness (QED) is 0.847. The molecule has 2 rings (SSSR count). The Kier molecular flexibility index (Phi) is 4.76. The molecule has 6 nitrogen and oxygen atoms in total. The van der Waals surface area contributed by atoms with Crippen molar-refractivity contribution in [3.05, 3.63) is 0 Å². The Bertz CT molecular complexity index is 412. The van der Waals surface area contributed by atoms with E-state index in [-0.39, 0.29) is 12.0 Å². The summed E-state index contributed by atoms with van der Waals surface area (Å²) in [5.74, 6) is 2.36.